The van der Waals surface area contributed by atoms with Crippen LogP contribution in [-0.2, 0) is 4.79 Å². The second-order valence-corrected chi connectivity index (χ2v) is 9.74. The number of aromatic nitrogens is 1. The molecule has 9 heteroatoms. The maximum absolute atomic E-state index is 15.0. The molecule has 0 saturated heterocycles. The minimum Gasteiger partial charge on any atom is -0.383 e. The third kappa shape index (κ3) is 4.14. The molecule has 2 heterocycles. The van der Waals surface area contributed by atoms with Gasteiger partial charge in [0.25, 0.3) is 5.91 Å². The number of nitriles is 1. The van der Waals surface area contributed by atoms with E-state index in [1.807, 2.05) is 19.9 Å². The summed E-state index contributed by atoms with van der Waals surface area (Å²) < 4.78 is 15.5. The number of hydrazine groups is 1. The Hall–Kier alpha value is -3.51. The monoisotopic (exact) mass is 509 g/mol. The fourth-order valence-electron chi connectivity index (χ4n) is 4.35. The van der Waals surface area contributed by atoms with Gasteiger partial charge in [-0.2, -0.15) is 5.26 Å². The van der Waals surface area contributed by atoms with Crippen LogP contribution in [0.1, 0.15) is 48.5 Å². The number of ketones is 1. The summed E-state index contributed by atoms with van der Waals surface area (Å²) in [7, 11) is 0. The number of hydrogen-bond acceptors (Lipinski definition) is 6. The highest BCUT2D eigenvalue weighted by Crippen LogP contribution is 2.49. The SMILES string of the molecule is CC1(C)CC(=O)C2=C(C1)N(NC(=O)c1ccncc1)C(N)=C(C#N)C2c1ccc(Br)cc1F. The van der Waals surface area contributed by atoms with Gasteiger partial charge in [-0.05, 0) is 36.1 Å². The molecule has 1 amide bonds. The van der Waals surface area contributed by atoms with Gasteiger partial charge in [0.1, 0.15) is 11.6 Å². The topological polar surface area (TPSA) is 112 Å². The lowest BCUT2D eigenvalue weighted by molar-refractivity contribution is -0.118. The van der Waals surface area contributed by atoms with Crippen molar-refractivity contribution in [1.29, 1.82) is 5.26 Å². The molecule has 33 heavy (non-hydrogen) atoms. The molecule has 0 bridgehead atoms. The molecule has 1 unspecified atom stereocenters. The molecule has 2 aliphatic rings. The Morgan fingerprint density at radius 3 is 2.64 bits per heavy atom. The number of halogens is 2. The number of nitrogens with one attached hydrogen (secondary N) is 1. The van der Waals surface area contributed by atoms with Crippen molar-refractivity contribution in [3.05, 3.63) is 86.8 Å². The predicted molar refractivity (Wildman–Crippen MR) is 122 cm³/mol. The van der Waals surface area contributed by atoms with Gasteiger partial charge in [-0.1, -0.05) is 35.8 Å². The normalized spacial score (nSPS) is 19.8. The number of benzene rings is 1. The Morgan fingerprint density at radius 2 is 2.00 bits per heavy atom. The Labute approximate surface area is 198 Å². The van der Waals surface area contributed by atoms with Crippen LogP contribution in [0.4, 0.5) is 4.39 Å². The average molecular weight is 510 g/mol. The van der Waals surface area contributed by atoms with Crippen LogP contribution >= 0.6 is 15.9 Å². The zero-order valence-corrected chi connectivity index (χ0v) is 19.6. The fourth-order valence-corrected chi connectivity index (χ4v) is 4.69. The molecule has 1 aliphatic heterocycles. The summed E-state index contributed by atoms with van der Waals surface area (Å²) in [4.78, 5) is 30.2. The number of Topliss-reactive ketones (excluding diaryl/α,β-unsaturated/α-hetero) is 1. The average Bonchev–Trinajstić information content (AvgIpc) is 2.75. The van der Waals surface area contributed by atoms with Gasteiger partial charge in [0.2, 0.25) is 0 Å². The van der Waals surface area contributed by atoms with E-state index in [0.29, 0.717) is 22.2 Å². The minimum absolute atomic E-state index is 0.00180. The van der Waals surface area contributed by atoms with Crippen molar-refractivity contribution in [1.82, 2.24) is 15.4 Å². The van der Waals surface area contributed by atoms with Gasteiger partial charge in [-0.15, -0.1) is 0 Å². The largest absolute Gasteiger partial charge is 0.383 e. The standard InChI is InChI=1S/C24H21BrFN5O2/c1-24(2)10-18-21(19(32)11-24)20(15-4-3-14(25)9-17(15)26)16(12-27)22(28)31(18)30-23(33)13-5-7-29-8-6-13/h3-9,20H,10-11,28H2,1-2H3,(H,30,33). The fraction of sp³-hybridized carbons (Fsp3) is 0.250. The van der Waals surface area contributed by atoms with Crippen LogP contribution in [0.15, 0.2) is 69.9 Å². The summed E-state index contributed by atoms with van der Waals surface area (Å²) in [6.07, 6.45) is 3.59. The van der Waals surface area contributed by atoms with E-state index in [1.54, 1.807) is 6.07 Å². The minimum atomic E-state index is -0.962. The summed E-state index contributed by atoms with van der Waals surface area (Å²) in [6, 6.07) is 9.60. The van der Waals surface area contributed by atoms with Crippen LogP contribution in [0, 0.1) is 22.6 Å². The number of carbonyl (C=O) groups excluding carboxylic acids is 2. The first kappa shape index (κ1) is 22.7. The second kappa shape index (κ2) is 8.45. The maximum atomic E-state index is 15.0. The van der Waals surface area contributed by atoms with Crippen molar-refractivity contribution in [2.45, 2.75) is 32.6 Å². The van der Waals surface area contributed by atoms with Gasteiger partial charge in [0.15, 0.2) is 5.78 Å². The Bertz CT molecular complexity index is 1260. The summed E-state index contributed by atoms with van der Waals surface area (Å²) in [5.41, 5.74) is 9.94. The zero-order valence-electron chi connectivity index (χ0n) is 18.0. The highest BCUT2D eigenvalue weighted by molar-refractivity contribution is 9.10. The van der Waals surface area contributed by atoms with E-state index >= 15 is 4.39 Å². The lowest BCUT2D eigenvalue weighted by Crippen LogP contribution is -2.50. The van der Waals surface area contributed by atoms with Crippen molar-refractivity contribution in [2.24, 2.45) is 11.1 Å². The summed E-state index contributed by atoms with van der Waals surface area (Å²) in [6.45, 7) is 3.87. The van der Waals surface area contributed by atoms with Crippen LogP contribution in [0.25, 0.3) is 0 Å². The van der Waals surface area contributed by atoms with E-state index < -0.39 is 23.1 Å². The maximum Gasteiger partial charge on any atom is 0.270 e. The molecular weight excluding hydrogens is 489 g/mol. The predicted octanol–water partition coefficient (Wildman–Crippen LogP) is 4.06. The van der Waals surface area contributed by atoms with Gasteiger partial charge >= 0.3 is 0 Å². The number of pyridine rings is 1. The molecule has 1 atom stereocenters. The van der Waals surface area contributed by atoms with E-state index in [2.05, 4.69) is 26.3 Å². The number of carbonyl (C=O) groups is 2. The number of nitrogens with two attached hydrogens (primary N) is 1. The number of nitrogens with zero attached hydrogens (tertiary/aromatic N) is 3. The summed E-state index contributed by atoms with van der Waals surface area (Å²) in [5.74, 6) is -2.26. The van der Waals surface area contributed by atoms with Gasteiger partial charge in [0.05, 0.1) is 23.3 Å². The first-order chi connectivity index (χ1) is 15.6. The molecule has 0 fully saturated rings. The molecule has 4 rings (SSSR count). The molecule has 1 aromatic carbocycles. The Kier molecular flexibility index (Phi) is 5.80. The molecule has 1 aromatic heterocycles. The number of amides is 1. The lowest BCUT2D eigenvalue weighted by atomic mass is 9.69. The van der Waals surface area contributed by atoms with E-state index in [1.165, 1.54) is 41.7 Å². The molecule has 0 radical (unpaired) electrons. The van der Waals surface area contributed by atoms with Crippen LogP contribution in [0.2, 0.25) is 0 Å². The molecule has 0 spiro atoms. The van der Waals surface area contributed by atoms with Gasteiger partial charge in [-0.25, -0.2) is 9.40 Å². The molecule has 7 nitrogen and oxygen atoms in total. The van der Waals surface area contributed by atoms with Crippen molar-refractivity contribution in [3.63, 3.8) is 0 Å². The van der Waals surface area contributed by atoms with E-state index in [0.717, 1.165) is 0 Å². The van der Waals surface area contributed by atoms with E-state index in [4.69, 9.17) is 5.73 Å². The van der Waals surface area contributed by atoms with Crippen molar-refractivity contribution in [2.75, 3.05) is 0 Å². The molecule has 1 aliphatic carbocycles. The zero-order chi connectivity index (χ0) is 23.9. The first-order valence-corrected chi connectivity index (χ1v) is 11.0. The van der Waals surface area contributed by atoms with E-state index in [-0.39, 0.29) is 34.7 Å². The molecule has 0 saturated carbocycles. The second-order valence-electron chi connectivity index (χ2n) is 8.82. The molecule has 2 aromatic rings. The van der Waals surface area contributed by atoms with E-state index in [9.17, 15) is 14.9 Å². The van der Waals surface area contributed by atoms with Gasteiger partial charge < -0.3 is 5.73 Å². The quantitative estimate of drug-likeness (QED) is 0.644. The molecule has 168 valence electrons. The number of rotatable bonds is 3. The van der Waals surface area contributed by atoms with Gasteiger partial charge in [0, 0.05) is 40.0 Å². The highest BCUT2D eigenvalue weighted by Gasteiger charge is 2.45. The number of hydrogen-bond donors (Lipinski definition) is 2. The highest BCUT2D eigenvalue weighted by atomic mass is 79.9. The van der Waals surface area contributed by atoms with Crippen molar-refractivity contribution >= 4 is 27.6 Å². The van der Waals surface area contributed by atoms with Gasteiger partial charge in [-0.3, -0.25) is 20.0 Å². The van der Waals surface area contributed by atoms with Crippen LogP contribution in [0.5, 0.6) is 0 Å². The number of allylic oxidation sites excluding steroid dienone is 3. The van der Waals surface area contributed by atoms with Crippen LogP contribution < -0.4 is 11.2 Å². The molecule has 3 N–H and O–H groups in total. The first-order valence-electron chi connectivity index (χ1n) is 10.2. The lowest BCUT2D eigenvalue weighted by Gasteiger charge is -2.43. The summed E-state index contributed by atoms with van der Waals surface area (Å²) in [5, 5.41) is 11.3. The summed E-state index contributed by atoms with van der Waals surface area (Å²) >= 11 is 3.24. The van der Waals surface area contributed by atoms with Crippen LogP contribution in [-0.4, -0.2) is 21.7 Å². The van der Waals surface area contributed by atoms with Crippen LogP contribution in [0.3, 0.4) is 0 Å². The smallest absolute Gasteiger partial charge is 0.270 e. The Balaban J connectivity index is 1.89. The molecular formula is C24H21BrFN5O2. The third-order valence-electron chi connectivity index (χ3n) is 5.81. The van der Waals surface area contributed by atoms with Crippen molar-refractivity contribution < 1.29 is 14.0 Å². The Morgan fingerprint density at radius 1 is 1.30 bits per heavy atom. The van der Waals surface area contributed by atoms with Crippen molar-refractivity contribution in [3.8, 4) is 6.07 Å². The third-order valence-corrected chi connectivity index (χ3v) is 6.30.